The van der Waals surface area contributed by atoms with Crippen LogP contribution in [0.2, 0.25) is 0 Å². The van der Waals surface area contributed by atoms with Gasteiger partial charge in [0.05, 0.1) is 11.5 Å². The SMILES string of the molecule is CCCNc1ncnc(NC2CCS(=O)(=O)CC2)c1Br. The van der Waals surface area contributed by atoms with E-state index in [1.165, 1.54) is 6.33 Å². The van der Waals surface area contributed by atoms with Gasteiger partial charge in [-0.05, 0) is 35.2 Å². The minimum absolute atomic E-state index is 0.142. The van der Waals surface area contributed by atoms with Gasteiger partial charge in [-0.1, -0.05) is 6.92 Å². The van der Waals surface area contributed by atoms with Gasteiger partial charge in [0.2, 0.25) is 0 Å². The van der Waals surface area contributed by atoms with E-state index in [-0.39, 0.29) is 17.5 Å². The van der Waals surface area contributed by atoms with Crippen LogP contribution in [0.1, 0.15) is 26.2 Å². The van der Waals surface area contributed by atoms with E-state index in [1.807, 2.05) is 0 Å². The summed E-state index contributed by atoms with van der Waals surface area (Å²) in [6, 6.07) is 0.142. The third kappa shape index (κ3) is 4.05. The highest BCUT2D eigenvalue weighted by molar-refractivity contribution is 9.10. The molecule has 1 aromatic rings. The van der Waals surface area contributed by atoms with Gasteiger partial charge in [-0.15, -0.1) is 0 Å². The third-order valence-electron chi connectivity index (χ3n) is 3.23. The van der Waals surface area contributed by atoms with Crippen LogP contribution in [0.25, 0.3) is 0 Å². The number of hydrogen-bond donors (Lipinski definition) is 2. The molecule has 1 aromatic heterocycles. The minimum Gasteiger partial charge on any atom is -0.369 e. The van der Waals surface area contributed by atoms with Crippen molar-refractivity contribution in [3.63, 3.8) is 0 Å². The average molecular weight is 363 g/mol. The highest BCUT2D eigenvalue weighted by Crippen LogP contribution is 2.28. The zero-order valence-electron chi connectivity index (χ0n) is 11.4. The number of halogens is 1. The molecule has 0 spiro atoms. The first-order valence-corrected chi connectivity index (χ1v) is 9.34. The van der Waals surface area contributed by atoms with E-state index in [0.29, 0.717) is 18.7 Å². The summed E-state index contributed by atoms with van der Waals surface area (Å²) < 4.78 is 23.6. The summed E-state index contributed by atoms with van der Waals surface area (Å²) in [7, 11) is -2.84. The van der Waals surface area contributed by atoms with Crippen molar-refractivity contribution in [1.29, 1.82) is 0 Å². The molecular weight excluding hydrogens is 344 g/mol. The summed E-state index contributed by atoms with van der Waals surface area (Å²) in [5.41, 5.74) is 0. The smallest absolute Gasteiger partial charge is 0.150 e. The first-order chi connectivity index (χ1) is 9.52. The molecule has 0 atom stereocenters. The van der Waals surface area contributed by atoms with Gasteiger partial charge in [0.15, 0.2) is 0 Å². The maximum absolute atomic E-state index is 11.4. The van der Waals surface area contributed by atoms with Crippen LogP contribution >= 0.6 is 15.9 Å². The Balaban J connectivity index is 2.03. The van der Waals surface area contributed by atoms with Crippen LogP contribution in [0.4, 0.5) is 11.6 Å². The van der Waals surface area contributed by atoms with Gasteiger partial charge in [0, 0.05) is 12.6 Å². The van der Waals surface area contributed by atoms with Crippen molar-refractivity contribution in [3.05, 3.63) is 10.8 Å². The van der Waals surface area contributed by atoms with Crippen LogP contribution in [-0.4, -0.2) is 42.5 Å². The van der Waals surface area contributed by atoms with Crippen LogP contribution in [0.15, 0.2) is 10.8 Å². The third-order valence-corrected chi connectivity index (χ3v) is 5.69. The molecule has 0 aromatic carbocycles. The van der Waals surface area contributed by atoms with E-state index in [1.54, 1.807) is 0 Å². The highest BCUT2D eigenvalue weighted by atomic mass is 79.9. The topological polar surface area (TPSA) is 84.0 Å². The molecular formula is C12H19BrN4O2S. The molecule has 20 heavy (non-hydrogen) atoms. The van der Waals surface area contributed by atoms with E-state index in [9.17, 15) is 8.42 Å². The van der Waals surface area contributed by atoms with Crippen molar-refractivity contribution in [2.24, 2.45) is 0 Å². The van der Waals surface area contributed by atoms with Gasteiger partial charge < -0.3 is 10.6 Å². The molecule has 0 bridgehead atoms. The molecule has 1 aliphatic rings. The molecule has 1 fully saturated rings. The first-order valence-electron chi connectivity index (χ1n) is 6.73. The van der Waals surface area contributed by atoms with Crippen LogP contribution in [0, 0.1) is 0 Å². The fourth-order valence-electron chi connectivity index (χ4n) is 2.06. The van der Waals surface area contributed by atoms with Crippen molar-refractivity contribution in [2.45, 2.75) is 32.2 Å². The second-order valence-electron chi connectivity index (χ2n) is 4.88. The van der Waals surface area contributed by atoms with Crippen LogP contribution < -0.4 is 10.6 Å². The molecule has 2 N–H and O–H groups in total. The van der Waals surface area contributed by atoms with E-state index in [0.717, 1.165) is 23.3 Å². The van der Waals surface area contributed by atoms with E-state index in [4.69, 9.17) is 0 Å². The summed E-state index contributed by atoms with van der Waals surface area (Å²) in [6.07, 6.45) is 3.76. The Labute approximate surface area is 127 Å². The Hall–Kier alpha value is -0.890. The van der Waals surface area contributed by atoms with Gasteiger partial charge in [-0.25, -0.2) is 18.4 Å². The summed E-state index contributed by atoms with van der Waals surface area (Å²) in [6.45, 7) is 2.93. The van der Waals surface area contributed by atoms with Crippen molar-refractivity contribution in [1.82, 2.24) is 9.97 Å². The Morgan fingerprint density at radius 1 is 1.30 bits per heavy atom. The molecule has 1 saturated heterocycles. The zero-order chi connectivity index (χ0) is 14.6. The highest BCUT2D eigenvalue weighted by Gasteiger charge is 2.24. The van der Waals surface area contributed by atoms with Gasteiger partial charge >= 0.3 is 0 Å². The maximum Gasteiger partial charge on any atom is 0.150 e. The number of hydrogen-bond acceptors (Lipinski definition) is 6. The fraction of sp³-hybridized carbons (Fsp3) is 0.667. The lowest BCUT2D eigenvalue weighted by Gasteiger charge is -2.24. The van der Waals surface area contributed by atoms with Gasteiger partial charge in [0.1, 0.15) is 32.3 Å². The number of aromatic nitrogens is 2. The Morgan fingerprint density at radius 2 is 1.95 bits per heavy atom. The number of nitrogens with one attached hydrogen (secondary N) is 2. The van der Waals surface area contributed by atoms with Crippen molar-refractivity contribution < 1.29 is 8.42 Å². The fourth-order valence-corrected chi connectivity index (χ4v) is 4.02. The molecule has 8 heteroatoms. The van der Waals surface area contributed by atoms with E-state index >= 15 is 0 Å². The van der Waals surface area contributed by atoms with Crippen molar-refractivity contribution >= 4 is 37.4 Å². The molecule has 0 radical (unpaired) electrons. The standard InChI is InChI=1S/C12H19BrN4O2S/c1-2-5-14-11-10(13)12(16-8-15-11)17-9-3-6-20(18,19)7-4-9/h8-9H,2-7H2,1H3,(H2,14,15,16,17). The predicted octanol–water partition coefficient (Wildman–Crippen LogP) is 2.05. The van der Waals surface area contributed by atoms with Gasteiger partial charge in [-0.2, -0.15) is 0 Å². The molecule has 1 aliphatic heterocycles. The molecule has 0 unspecified atom stereocenters. The lowest BCUT2D eigenvalue weighted by molar-refractivity contribution is 0.559. The second kappa shape index (κ2) is 6.71. The zero-order valence-corrected chi connectivity index (χ0v) is 13.8. The summed E-state index contributed by atoms with van der Waals surface area (Å²) in [4.78, 5) is 8.41. The summed E-state index contributed by atoms with van der Waals surface area (Å²) in [5.74, 6) is 1.96. The monoisotopic (exact) mass is 362 g/mol. The van der Waals surface area contributed by atoms with Crippen molar-refractivity contribution in [2.75, 3.05) is 28.7 Å². The second-order valence-corrected chi connectivity index (χ2v) is 7.98. The van der Waals surface area contributed by atoms with Gasteiger partial charge in [0.25, 0.3) is 0 Å². The van der Waals surface area contributed by atoms with Crippen LogP contribution in [0.3, 0.4) is 0 Å². The molecule has 6 nitrogen and oxygen atoms in total. The van der Waals surface area contributed by atoms with Crippen molar-refractivity contribution in [3.8, 4) is 0 Å². The number of anilines is 2. The van der Waals surface area contributed by atoms with E-state index in [2.05, 4.69) is 43.5 Å². The Bertz CT molecular complexity index is 551. The molecule has 0 saturated carbocycles. The quantitative estimate of drug-likeness (QED) is 0.833. The lowest BCUT2D eigenvalue weighted by Crippen LogP contribution is -2.32. The van der Waals surface area contributed by atoms with Crippen LogP contribution in [0.5, 0.6) is 0 Å². The Kier molecular flexibility index (Phi) is 5.20. The molecule has 0 aliphatic carbocycles. The Morgan fingerprint density at radius 3 is 2.60 bits per heavy atom. The average Bonchev–Trinajstić information content (AvgIpc) is 2.42. The normalized spacial score (nSPS) is 18.7. The largest absolute Gasteiger partial charge is 0.369 e. The minimum atomic E-state index is -2.84. The van der Waals surface area contributed by atoms with E-state index < -0.39 is 9.84 Å². The van der Waals surface area contributed by atoms with Crippen LogP contribution in [-0.2, 0) is 9.84 Å². The first kappa shape index (κ1) is 15.5. The molecule has 0 amide bonds. The molecule has 112 valence electrons. The summed E-state index contributed by atoms with van der Waals surface area (Å²) >= 11 is 3.49. The maximum atomic E-state index is 11.4. The molecule has 2 rings (SSSR count). The lowest BCUT2D eigenvalue weighted by atomic mass is 10.1. The van der Waals surface area contributed by atoms with Gasteiger partial charge in [-0.3, -0.25) is 0 Å². The number of sulfone groups is 1. The number of rotatable bonds is 5. The molecule has 2 heterocycles. The predicted molar refractivity (Wildman–Crippen MR) is 83.8 cm³/mol. The number of nitrogens with zero attached hydrogens (tertiary/aromatic N) is 2. The summed E-state index contributed by atoms with van der Waals surface area (Å²) in [5, 5.41) is 6.52.